The second-order valence-electron chi connectivity index (χ2n) is 7.28. The second kappa shape index (κ2) is 10.3. The summed E-state index contributed by atoms with van der Waals surface area (Å²) in [5.74, 6) is 5.08. The highest BCUT2D eigenvalue weighted by Gasteiger charge is 2.30. The third-order valence-corrected chi connectivity index (χ3v) is 4.95. The van der Waals surface area contributed by atoms with Gasteiger partial charge < -0.3 is 10.2 Å². The van der Waals surface area contributed by atoms with Gasteiger partial charge in [0, 0.05) is 38.3 Å². The van der Waals surface area contributed by atoms with Crippen molar-refractivity contribution >= 4 is 6.03 Å². The molecule has 0 saturated carbocycles. The maximum absolute atomic E-state index is 13.0. The van der Waals surface area contributed by atoms with Crippen molar-refractivity contribution in [1.82, 2.24) is 15.1 Å². The van der Waals surface area contributed by atoms with Gasteiger partial charge >= 0.3 is 12.2 Å². The summed E-state index contributed by atoms with van der Waals surface area (Å²) in [6.45, 7) is 3.42. The summed E-state index contributed by atoms with van der Waals surface area (Å²) in [5, 5.41) is 2.70. The van der Waals surface area contributed by atoms with E-state index in [4.69, 9.17) is 0 Å². The molecule has 1 saturated heterocycles. The van der Waals surface area contributed by atoms with E-state index in [0.717, 1.165) is 30.7 Å². The number of halogens is 4. The minimum Gasteiger partial charge on any atom is -0.327 e. The smallest absolute Gasteiger partial charge is 0.327 e. The predicted molar refractivity (Wildman–Crippen MR) is 110 cm³/mol. The van der Waals surface area contributed by atoms with Crippen LogP contribution < -0.4 is 5.32 Å². The summed E-state index contributed by atoms with van der Waals surface area (Å²) in [5.41, 5.74) is 0.512. The van der Waals surface area contributed by atoms with E-state index in [1.54, 1.807) is 17.0 Å². The zero-order valence-electron chi connectivity index (χ0n) is 16.9. The van der Waals surface area contributed by atoms with E-state index in [9.17, 15) is 22.4 Å². The molecule has 0 aromatic heterocycles. The molecule has 0 spiro atoms. The summed E-state index contributed by atoms with van der Waals surface area (Å²) < 4.78 is 51.3. The van der Waals surface area contributed by atoms with Gasteiger partial charge in [-0.25, -0.2) is 9.18 Å². The van der Waals surface area contributed by atoms with Crippen LogP contribution in [-0.4, -0.2) is 48.6 Å². The molecule has 0 aliphatic carbocycles. The molecular formula is C23H23F4N3O. The van der Waals surface area contributed by atoms with Gasteiger partial charge in [-0.1, -0.05) is 30.0 Å². The Labute approximate surface area is 178 Å². The largest absolute Gasteiger partial charge is 0.416 e. The average Bonchev–Trinajstić information content (AvgIpc) is 2.98. The van der Waals surface area contributed by atoms with E-state index in [0.29, 0.717) is 26.2 Å². The first-order chi connectivity index (χ1) is 14.8. The summed E-state index contributed by atoms with van der Waals surface area (Å²) in [7, 11) is 0. The van der Waals surface area contributed by atoms with E-state index >= 15 is 0 Å². The molecule has 164 valence electrons. The topological polar surface area (TPSA) is 35.6 Å². The molecule has 2 aromatic carbocycles. The Morgan fingerprint density at radius 2 is 1.81 bits per heavy atom. The van der Waals surface area contributed by atoms with Gasteiger partial charge in [0.05, 0.1) is 12.1 Å². The molecule has 0 radical (unpaired) electrons. The van der Waals surface area contributed by atoms with Gasteiger partial charge in [-0.15, -0.1) is 0 Å². The van der Waals surface area contributed by atoms with Crippen LogP contribution in [0.2, 0.25) is 0 Å². The Morgan fingerprint density at radius 3 is 2.55 bits per heavy atom. The molecule has 0 bridgehead atoms. The Bertz CT molecular complexity index is 948. The number of hydrogen-bond acceptors (Lipinski definition) is 2. The van der Waals surface area contributed by atoms with E-state index in [1.165, 1.54) is 24.3 Å². The Morgan fingerprint density at radius 1 is 1.03 bits per heavy atom. The average molecular weight is 433 g/mol. The molecule has 3 rings (SSSR count). The molecule has 1 N–H and O–H groups in total. The zero-order chi connectivity index (χ0) is 22.3. The van der Waals surface area contributed by atoms with Crippen molar-refractivity contribution in [2.45, 2.75) is 19.1 Å². The van der Waals surface area contributed by atoms with Crippen LogP contribution in [0.4, 0.5) is 22.4 Å². The van der Waals surface area contributed by atoms with E-state index in [1.807, 2.05) is 0 Å². The number of nitrogens with one attached hydrogen (secondary N) is 1. The second-order valence-corrected chi connectivity index (χ2v) is 7.28. The van der Waals surface area contributed by atoms with Gasteiger partial charge in [0.1, 0.15) is 5.82 Å². The first-order valence-electron chi connectivity index (χ1n) is 9.97. The van der Waals surface area contributed by atoms with Gasteiger partial charge in [-0.3, -0.25) is 4.90 Å². The molecule has 2 amide bonds. The van der Waals surface area contributed by atoms with E-state index in [-0.39, 0.29) is 24.0 Å². The van der Waals surface area contributed by atoms with Gasteiger partial charge in [-0.2, -0.15) is 13.2 Å². The van der Waals surface area contributed by atoms with E-state index < -0.39 is 11.7 Å². The van der Waals surface area contributed by atoms with E-state index in [2.05, 4.69) is 22.1 Å². The first kappa shape index (κ1) is 22.6. The summed E-state index contributed by atoms with van der Waals surface area (Å²) >= 11 is 0. The number of alkyl halides is 3. The summed E-state index contributed by atoms with van der Waals surface area (Å²) in [6, 6.07) is 10.9. The van der Waals surface area contributed by atoms with Gasteiger partial charge in [0.25, 0.3) is 0 Å². The van der Waals surface area contributed by atoms with Crippen LogP contribution in [0.5, 0.6) is 0 Å². The minimum atomic E-state index is -4.41. The molecule has 4 nitrogen and oxygen atoms in total. The Hall–Kier alpha value is -3.05. The van der Waals surface area contributed by atoms with Gasteiger partial charge in [-0.05, 0) is 42.3 Å². The number of carbonyl (C=O) groups excluding carboxylic acids is 1. The molecule has 1 heterocycles. The number of urea groups is 1. The normalized spacial score (nSPS) is 15.0. The Balaban J connectivity index is 1.46. The molecule has 1 fully saturated rings. The minimum absolute atomic E-state index is 0.0465. The molecular weight excluding hydrogens is 410 g/mol. The van der Waals surface area contributed by atoms with Gasteiger partial charge in [0.15, 0.2) is 0 Å². The lowest BCUT2D eigenvalue weighted by molar-refractivity contribution is -0.137. The van der Waals surface area contributed by atoms with Crippen LogP contribution in [-0.2, 0) is 12.7 Å². The fourth-order valence-electron chi connectivity index (χ4n) is 3.33. The molecule has 0 unspecified atom stereocenters. The molecule has 31 heavy (non-hydrogen) atoms. The monoisotopic (exact) mass is 433 g/mol. The highest BCUT2D eigenvalue weighted by Crippen LogP contribution is 2.29. The van der Waals surface area contributed by atoms with Crippen molar-refractivity contribution in [3.8, 4) is 11.8 Å². The molecule has 2 aromatic rings. The summed E-state index contributed by atoms with van der Waals surface area (Å²) in [6.07, 6.45) is -3.60. The van der Waals surface area contributed by atoms with Crippen molar-refractivity contribution in [3.63, 3.8) is 0 Å². The SMILES string of the molecule is O=C(NCC#Cc1cccc(C(F)(F)F)c1)N1CCCN(Cc2ccc(F)cc2)CC1. The number of benzene rings is 2. The quantitative estimate of drug-likeness (QED) is 0.584. The molecule has 8 heteroatoms. The maximum Gasteiger partial charge on any atom is 0.416 e. The van der Waals surface area contributed by atoms with Crippen LogP contribution in [0.15, 0.2) is 48.5 Å². The van der Waals surface area contributed by atoms with Crippen molar-refractivity contribution in [2.75, 3.05) is 32.7 Å². The predicted octanol–water partition coefficient (Wildman–Crippen LogP) is 4.11. The van der Waals surface area contributed by atoms with Crippen LogP contribution in [0.3, 0.4) is 0 Å². The fraction of sp³-hybridized carbons (Fsp3) is 0.348. The van der Waals surface area contributed by atoms with Crippen LogP contribution >= 0.6 is 0 Å². The fourth-order valence-corrected chi connectivity index (χ4v) is 3.33. The molecule has 1 aliphatic heterocycles. The van der Waals surface area contributed by atoms with Crippen LogP contribution in [0.25, 0.3) is 0 Å². The third-order valence-electron chi connectivity index (χ3n) is 4.95. The van der Waals surface area contributed by atoms with Crippen molar-refractivity contribution in [1.29, 1.82) is 0 Å². The highest BCUT2D eigenvalue weighted by molar-refractivity contribution is 5.74. The summed E-state index contributed by atoms with van der Waals surface area (Å²) in [4.78, 5) is 16.3. The number of hydrogen-bond donors (Lipinski definition) is 1. The van der Waals surface area contributed by atoms with Gasteiger partial charge in [0.2, 0.25) is 0 Å². The van der Waals surface area contributed by atoms with Crippen molar-refractivity contribution < 1.29 is 22.4 Å². The maximum atomic E-state index is 13.0. The lowest BCUT2D eigenvalue weighted by atomic mass is 10.1. The standard InChI is InChI=1S/C23H23F4N3O/c24-21-9-7-19(8-10-21)17-29-12-3-13-30(15-14-29)22(31)28-11-2-5-18-4-1-6-20(16-18)23(25,26)27/h1,4,6-10,16H,3,11-15,17H2,(H,28,31). The van der Waals surface area contributed by atoms with Crippen molar-refractivity contribution in [3.05, 3.63) is 71.0 Å². The first-order valence-corrected chi connectivity index (χ1v) is 9.97. The third kappa shape index (κ3) is 7.00. The molecule has 0 atom stereocenters. The van der Waals surface area contributed by atoms with Crippen molar-refractivity contribution in [2.24, 2.45) is 0 Å². The Kier molecular flexibility index (Phi) is 7.53. The van der Waals surface area contributed by atoms with Crippen LogP contribution in [0.1, 0.15) is 23.1 Å². The lowest BCUT2D eigenvalue weighted by Gasteiger charge is -2.22. The lowest BCUT2D eigenvalue weighted by Crippen LogP contribution is -2.42. The number of rotatable bonds is 3. The number of carbonyl (C=O) groups is 1. The number of amides is 2. The zero-order valence-corrected chi connectivity index (χ0v) is 16.9. The highest BCUT2D eigenvalue weighted by atomic mass is 19.4. The molecule has 1 aliphatic rings. The van der Waals surface area contributed by atoms with Crippen LogP contribution in [0, 0.1) is 17.7 Å². The number of nitrogens with zero attached hydrogens (tertiary/aromatic N) is 2.